The van der Waals surface area contributed by atoms with Crippen LogP contribution < -0.4 is 11.3 Å². The van der Waals surface area contributed by atoms with Crippen molar-refractivity contribution in [1.29, 1.82) is 0 Å². The minimum absolute atomic E-state index is 0.00273. The molecule has 2 aromatic rings. The van der Waals surface area contributed by atoms with Crippen LogP contribution in [0.15, 0.2) is 51.9 Å². The molecule has 0 spiro atoms. The lowest BCUT2D eigenvalue weighted by Gasteiger charge is -2.06. The van der Waals surface area contributed by atoms with Crippen molar-refractivity contribution < 1.29 is 0 Å². The number of benzene rings is 1. The van der Waals surface area contributed by atoms with Crippen molar-refractivity contribution in [3.63, 3.8) is 0 Å². The second-order valence-electron chi connectivity index (χ2n) is 3.85. The largest absolute Gasteiger partial charge is 0.399 e. The van der Waals surface area contributed by atoms with Crippen LogP contribution in [-0.4, -0.2) is 4.57 Å². The van der Waals surface area contributed by atoms with Gasteiger partial charge in [0.05, 0.1) is 4.47 Å². The number of nitrogen functional groups attached to an aromatic ring is 1. The summed E-state index contributed by atoms with van der Waals surface area (Å²) >= 11 is 3.23. The number of nitrogens with zero attached hydrogens (tertiary/aromatic N) is 1. The summed E-state index contributed by atoms with van der Waals surface area (Å²) in [5, 5.41) is 0. The first-order chi connectivity index (χ1) is 8.16. The molecule has 0 radical (unpaired) electrons. The van der Waals surface area contributed by atoms with Gasteiger partial charge in [-0.1, -0.05) is 12.1 Å². The maximum atomic E-state index is 11.7. The molecule has 0 unspecified atom stereocenters. The third-order valence-electron chi connectivity index (χ3n) is 2.59. The van der Waals surface area contributed by atoms with Gasteiger partial charge in [0.2, 0.25) is 0 Å². The fraction of sp³-hybridized carbons (Fsp3) is 0.154. The van der Waals surface area contributed by atoms with Crippen LogP contribution in [0.1, 0.15) is 5.56 Å². The summed E-state index contributed by atoms with van der Waals surface area (Å²) in [6.07, 6.45) is 2.61. The maximum Gasteiger partial charge on any atom is 0.264 e. The Morgan fingerprint density at radius 3 is 2.59 bits per heavy atom. The number of halogens is 1. The number of rotatable bonds is 3. The predicted molar refractivity (Wildman–Crippen MR) is 73.0 cm³/mol. The van der Waals surface area contributed by atoms with E-state index in [1.54, 1.807) is 16.8 Å². The van der Waals surface area contributed by atoms with E-state index in [0.717, 1.165) is 12.1 Å². The van der Waals surface area contributed by atoms with Crippen molar-refractivity contribution in [1.82, 2.24) is 4.57 Å². The maximum absolute atomic E-state index is 11.7. The lowest BCUT2D eigenvalue weighted by molar-refractivity contribution is 0.667. The lowest BCUT2D eigenvalue weighted by atomic mass is 10.1. The van der Waals surface area contributed by atoms with Crippen molar-refractivity contribution in [2.45, 2.75) is 13.0 Å². The topological polar surface area (TPSA) is 48.0 Å². The van der Waals surface area contributed by atoms with Crippen molar-refractivity contribution in [2.24, 2.45) is 0 Å². The van der Waals surface area contributed by atoms with Crippen molar-refractivity contribution in [2.75, 3.05) is 5.73 Å². The average molecular weight is 293 g/mol. The fourth-order valence-corrected chi connectivity index (χ4v) is 2.00. The third kappa shape index (κ3) is 2.97. The number of hydrogen-bond acceptors (Lipinski definition) is 2. The van der Waals surface area contributed by atoms with Gasteiger partial charge in [0.15, 0.2) is 0 Å². The van der Waals surface area contributed by atoms with E-state index < -0.39 is 0 Å². The Bertz CT molecular complexity index is 560. The van der Waals surface area contributed by atoms with Gasteiger partial charge in [-0.15, -0.1) is 0 Å². The Morgan fingerprint density at radius 2 is 1.88 bits per heavy atom. The van der Waals surface area contributed by atoms with Gasteiger partial charge in [-0.2, -0.15) is 0 Å². The van der Waals surface area contributed by atoms with E-state index in [-0.39, 0.29) is 5.56 Å². The molecule has 0 aliphatic rings. The van der Waals surface area contributed by atoms with E-state index in [2.05, 4.69) is 15.9 Å². The standard InChI is InChI=1S/C13H13BrN2O/c14-12-2-1-8-16(13(12)17)9-7-10-3-5-11(15)6-4-10/h1-6,8H,7,9,15H2. The molecule has 1 heterocycles. The molecule has 88 valence electrons. The van der Waals surface area contributed by atoms with Crippen LogP contribution in [0.25, 0.3) is 0 Å². The van der Waals surface area contributed by atoms with E-state index in [0.29, 0.717) is 11.0 Å². The minimum Gasteiger partial charge on any atom is -0.399 e. The Labute approximate surface area is 108 Å². The van der Waals surface area contributed by atoms with E-state index in [4.69, 9.17) is 5.73 Å². The highest BCUT2D eigenvalue weighted by molar-refractivity contribution is 9.10. The molecule has 0 bridgehead atoms. The molecule has 3 nitrogen and oxygen atoms in total. The molecule has 4 heteroatoms. The van der Waals surface area contributed by atoms with E-state index in [1.807, 2.05) is 30.3 Å². The van der Waals surface area contributed by atoms with Gasteiger partial charge >= 0.3 is 0 Å². The van der Waals surface area contributed by atoms with Crippen LogP contribution in [0.3, 0.4) is 0 Å². The SMILES string of the molecule is Nc1ccc(CCn2cccc(Br)c2=O)cc1. The quantitative estimate of drug-likeness (QED) is 0.884. The molecule has 0 amide bonds. The van der Waals surface area contributed by atoms with Crippen LogP contribution in [0.2, 0.25) is 0 Å². The fourth-order valence-electron chi connectivity index (χ4n) is 1.62. The van der Waals surface area contributed by atoms with Crippen LogP contribution in [0.4, 0.5) is 5.69 Å². The highest BCUT2D eigenvalue weighted by atomic mass is 79.9. The van der Waals surface area contributed by atoms with Gasteiger partial charge in [-0.05, 0) is 52.2 Å². The summed E-state index contributed by atoms with van der Waals surface area (Å²) in [6, 6.07) is 11.3. The highest BCUT2D eigenvalue weighted by Gasteiger charge is 2.00. The number of nitrogens with two attached hydrogens (primary N) is 1. The van der Waals surface area contributed by atoms with Gasteiger partial charge in [-0.3, -0.25) is 4.79 Å². The van der Waals surface area contributed by atoms with Gasteiger partial charge in [0, 0.05) is 18.4 Å². The normalized spacial score (nSPS) is 10.4. The monoisotopic (exact) mass is 292 g/mol. The van der Waals surface area contributed by atoms with Crippen LogP contribution in [0, 0.1) is 0 Å². The predicted octanol–water partition coefficient (Wildman–Crippen LogP) is 2.44. The van der Waals surface area contributed by atoms with E-state index >= 15 is 0 Å². The lowest BCUT2D eigenvalue weighted by Crippen LogP contribution is -2.20. The van der Waals surface area contributed by atoms with Gasteiger partial charge in [0.25, 0.3) is 5.56 Å². The summed E-state index contributed by atoms with van der Waals surface area (Å²) < 4.78 is 2.29. The van der Waals surface area contributed by atoms with Gasteiger partial charge in [-0.25, -0.2) is 0 Å². The summed E-state index contributed by atoms with van der Waals surface area (Å²) in [6.45, 7) is 0.669. The van der Waals surface area contributed by atoms with Gasteiger partial charge < -0.3 is 10.3 Å². The smallest absolute Gasteiger partial charge is 0.264 e. The van der Waals surface area contributed by atoms with E-state index in [9.17, 15) is 4.79 Å². The molecule has 0 fully saturated rings. The first kappa shape index (κ1) is 11.9. The van der Waals surface area contributed by atoms with Crippen LogP contribution in [0.5, 0.6) is 0 Å². The molecular weight excluding hydrogens is 280 g/mol. The molecule has 0 aliphatic carbocycles. The molecule has 1 aromatic carbocycles. The molecule has 2 N–H and O–H groups in total. The summed E-state index contributed by atoms with van der Waals surface area (Å²) in [4.78, 5) is 11.7. The average Bonchev–Trinajstić information content (AvgIpc) is 2.33. The zero-order valence-electron chi connectivity index (χ0n) is 9.27. The molecule has 0 saturated heterocycles. The van der Waals surface area contributed by atoms with Crippen molar-refractivity contribution in [3.8, 4) is 0 Å². The summed E-state index contributed by atoms with van der Waals surface area (Å²) in [5.41, 5.74) is 7.55. The van der Waals surface area contributed by atoms with Crippen molar-refractivity contribution in [3.05, 3.63) is 63.0 Å². The third-order valence-corrected chi connectivity index (χ3v) is 3.20. The number of pyridine rings is 1. The first-order valence-electron chi connectivity index (χ1n) is 5.36. The Morgan fingerprint density at radius 1 is 1.18 bits per heavy atom. The molecule has 0 aliphatic heterocycles. The molecule has 2 rings (SSSR count). The Kier molecular flexibility index (Phi) is 3.64. The second kappa shape index (κ2) is 5.19. The number of aryl methyl sites for hydroxylation is 2. The Hall–Kier alpha value is -1.55. The van der Waals surface area contributed by atoms with Crippen LogP contribution >= 0.6 is 15.9 Å². The van der Waals surface area contributed by atoms with Crippen molar-refractivity contribution >= 4 is 21.6 Å². The first-order valence-corrected chi connectivity index (χ1v) is 6.15. The van der Waals surface area contributed by atoms with Crippen LogP contribution in [-0.2, 0) is 13.0 Å². The summed E-state index contributed by atoms with van der Waals surface area (Å²) in [7, 11) is 0. The zero-order valence-corrected chi connectivity index (χ0v) is 10.9. The molecule has 1 aromatic heterocycles. The number of hydrogen-bond donors (Lipinski definition) is 1. The molecular formula is C13H13BrN2O. The Balaban J connectivity index is 2.10. The molecule has 17 heavy (non-hydrogen) atoms. The molecule has 0 atom stereocenters. The zero-order chi connectivity index (χ0) is 12.3. The number of aromatic nitrogens is 1. The van der Waals surface area contributed by atoms with Gasteiger partial charge in [0.1, 0.15) is 0 Å². The second-order valence-corrected chi connectivity index (χ2v) is 4.70. The number of anilines is 1. The van der Waals surface area contributed by atoms with E-state index in [1.165, 1.54) is 5.56 Å². The minimum atomic E-state index is 0.00273. The summed E-state index contributed by atoms with van der Waals surface area (Å²) in [5.74, 6) is 0. The molecule has 0 saturated carbocycles. The highest BCUT2D eigenvalue weighted by Crippen LogP contribution is 2.07.